The predicted molar refractivity (Wildman–Crippen MR) is 84.7 cm³/mol. The SMILES string of the molecule is CC(C)(C)OCC(O)CNCCc1ccc(Cl)cc1Cl. The number of rotatable bonds is 7. The van der Waals surface area contributed by atoms with E-state index in [0.717, 1.165) is 18.5 Å². The molecule has 1 atom stereocenters. The summed E-state index contributed by atoms with van der Waals surface area (Å²) in [5, 5.41) is 14.3. The molecular formula is C15H23Cl2NO2. The Morgan fingerprint density at radius 2 is 2.00 bits per heavy atom. The molecule has 1 aromatic rings. The van der Waals surface area contributed by atoms with Crippen LogP contribution in [0.15, 0.2) is 18.2 Å². The molecule has 114 valence electrons. The fourth-order valence-electron chi connectivity index (χ4n) is 1.62. The van der Waals surface area contributed by atoms with Gasteiger partial charge in [0.25, 0.3) is 0 Å². The van der Waals surface area contributed by atoms with Gasteiger partial charge in [-0.25, -0.2) is 0 Å². The average molecular weight is 320 g/mol. The Morgan fingerprint density at radius 1 is 1.30 bits per heavy atom. The number of halogens is 2. The van der Waals surface area contributed by atoms with E-state index in [1.165, 1.54) is 0 Å². The van der Waals surface area contributed by atoms with E-state index < -0.39 is 6.10 Å². The lowest BCUT2D eigenvalue weighted by Crippen LogP contribution is -2.34. The third kappa shape index (κ3) is 7.46. The van der Waals surface area contributed by atoms with Crippen LogP contribution in [0.3, 0.4) is 0 Å². The van der Waals surface area contributed by atoms with Gasteiger partial charge in [-0.2, -0.15) is 0 Å². The lowest BCUT2D eigenvalue weighted by Gasteiger charge is -2.22. The minimum atomic E-state index is -0.505. The number of aliphatic hydroxyl groups is 1. The van der Waals surface area contributed by atoms with Gasteiger partial charge in [0.2, 0.25) is 0 Å². The van der Waals surface area contributed by atoms with Gasteiger partial charge in [0, 0.05) is 16.6 Å². The summed E-state index contributed by atoms with van der Waals surface area (Å²) in [4.78, 5) is 0. The lowest BCUT2D eigenvalue weighted by molar-refractivity contribution is -0.0477. The van der Waals surface area contributed by atoms with Gasteiger partial charge in [-0.05, 0) is 51.4 Å². The first-order valence-corrected chi connectivity index (χ1v) is 7.50. The van der Waals surface area contributed by atoms with Crippen molar-refractivity contribution in [3.63, 3.8) is 0 Å². The van der Waals surface area contributed by atoms with Crippen LogP contribution in [0.2, 0.25) is 10.0 Å². The zero-order valence-electron chi connectivity index (χ0n) is 12.2. The smallest absolute Gasteiger partial charge is 0.0897 e. The second-order valence-electron chi connectivity index (χ2n) is 5.77. The number of benzene rings is 1. The highest BCUT2D eigenvalue weighted by Crippen LogP contribution is 2.21. The summed E-state index contributed by atoms with van der Waals surface area (Å²) >= 11 is 11.9. The van der Waals surface area contributed by atoms with Gasteiger partial charge >= 0.3 is 0 Å². The maximum absolute atomic E-state index is 9.77. The minimum Gasteiger partial charge on any atom is -0.389 e. The Balaban J connectivity index is 2.21. The van der Waals surface area contributed by atoms with Crippen molar-refractivity contribution < 1.29 is 9.84 Å². The van der Waals surface area contributed by atoms with E-state index in [9.17, 15) is 5.11 Å². The van der Waals surface area contributed by atoms with Crippen LogP contribution >= 0.6 is 23.2 Å². The van der Waals surface area contributed by atoms with E-state index >= 15 is 0 Å². The summed E-state index contributed by atoms with van der Waals surface area (Å²) in [5.74, 6) is 0. The molecule has 1 aromatic carbocycles. The molecule has 0 aromatic heterocycles. The Labute approximate surface area is 131 Å². The van der Waals surface area contributed by atoms with E-state index in [1.807, 2.05) is 32.9 Å². The van der Waals surface area contributed by atoms with Crippen molar-refractivity contribution in [2.24, 2.45) is 0 Å². The molecule has 5 heteroatoms. The first kappa shape index (κ1) is 17.7. The second-order valence-corrected chi connectivity index (χ2v) is 6.61. The van der Waals surface area contributed by atoms with Crippen LogP contribution < -0.4 is 5.32 Å². The van der Waals surface area contributed by atoms with Crippen LogP contribution in [0, 0.1) is 0 Å². The molecule has 1 unspecified atom stereocenters. The standard InChI is InChI=1S/C15H23Cl2NO2/c1-15(2,3)20-10-13(19)9-18-7-6-11-4-5-12(16)8-14(11)17/h4-5,8,13,18-19H,6-7,9-10H2,1-3H3. The largest absolute Gasteiger partial charge is 0.389 e. The summed E-state index contributed by atoms with van der Waals surface area (Å²) < 4.78 is 5.51. The van der Waals surface area contributed by atoms with Crippen LogP contribution in [0.1, 0.15) is 26.3 Å². The zero-order valence-corrected chi connectivity index (χ0v) is 13.8. The molecule has 1 rings (SSSR count). The van der Waals surface area contributed by atoms with Crippen molar-refractivity contribution in [2.75, 3.05) is 19.7 Å². The molecule has 0 saturated carbocycles. The van der Waals surface area contributed by atoms with Gasteiger partial charge in [0.1, 0.15) is 0 Å². The zero-order chi connectivity index (χ0) is 15.2. The first-order valence-electron chi connectivity index (χ1n) is 6.74. The van der Waals surface area contributed by atoms with Crippen molar-refractivity contribution >= 4 is 23.2 Å². The highest BCUT2D eigenvalue weighted by molar-refractivity contribution is 6.35. The summed E-state index contributed by atoms with van der Waals surface area (Å²) in [6, 6.07) is 5.49. The summed E-state index contributed by atoms with van der Waals surface area (Å²) in [5.41, 5.74) is 0.821. The number of hydrogen-bond donors (Lipinski definition) is 2. The van der Waals surface area contributed by atoms with Gasteiger partial charge in [-0.1, -0.05) is 29.3 Å². The van der Waals surface area contributed by atoms with Crippen molar-refractivity contribution in [1.29, 1.82) is 0 Å². The molecule has 2 N–H and O–H groups in total. The molecule has 0 heterocycles. The van der Waals surface area contributed by atoms with Crippen molar-refractivity contribution in [1.82, 2.24) is 5.32 Å². The Morgan fingerprint density at radius 3 is 2.60 bits per heavy atom. The van der Waals surface area contributed by atoms with Gasteiger partial charge in [-0.3, -0.25) is 0 Å². The highest BCUT2D eigenvalue weighted by Gasteiger charge is 2.13. The number of aliphatic hydroxyl groups excluding tert-OH is 1. The van der Waals surface area contributed by atoms with Crippen LogP contribution in [-0.2, 0) is 11.2 Å². The minimum absolute atomic E-state index is 0.224. The predicted octanol–water partition coefficient (Wildman–Crippen LogP) is 3.30. The fourth-order valence-corrected chi connectivity index (χ4v) is 2.12. The molecule has 0 aliphatic carbocycles. The van der Waals surface area contributed by atoms with E-state index in [1.54, 1.807) is 6.07 Å². The summed E-state index contributed by atoms with van der Waals surface area (Å²) in [6.07, 6.45) is 0.290. The average Bonchev–Trinajstić information content (AvgIpc) is 2.33. The van der Waals surface area contributed by atoms with Gasteiger partial charge < -0.3 is 15.2 Å². The van der Waals surface area contributed by atoms with Crippen LogP contribution in [0.25, 0.3) is 0 Å². The van der Waals surface area contributed by atoms with Crippen molar-refractivity contribution in [3.05, 3.63) is 33.8 Å². The van der Waals surface area contributed by atoms with Gasteiger partial charge in [0.15, 0.2) is 0 Å². The molecule has 0 fully saturated rings. The molecule has 3 nitrogen and oxygen atoms in total. The fraction of sp³-hybridized carbons (Fsp3) is 0.600. The molecule has 0 radical (unpaired) electrons. The molecular weight excluding hydrogens is 297 g/mol. The normalized spacial score (nSPS) is 13.5. The lowest BCUT2D eigenvalue weighted by atomic mass is 10.1. The van der Waals surface area contributed by atoms with Crippen LogP contribution in [0.4, 0.5) is 0 Å². The van der Waals surface area contributed by atoms with Crippen LogP contribution in [0.5, 0.6) is 0 Å². The molecule has 0 spiro atoms. The summed E-state index contributed by atoms with van der Waals surface area (Å²) in [7, 11) is 0. The van der Waals surface area contributed by atoms with E-state index in [0.29, 0.717) is 23.2 Å². The third-order valence-electron chi connectivity index (χ3n) is 2.67. The van der Waals surface area contributed by atoms with E-state index in [-0.39, 0.29) is 5.60 Å². The molecule has 0 bridgehead atoms. The monoisotopic (exact) mass is 319 g/mol. The van der Waals surface area contributed by atoms with E-state index in [2.05, 4.69) is 5.32 Å². The molecule has 0 amide bonds. The maximum Gasteiger partial charge on any atom is 0.0897 e. The Kier molecular flexibility index (Phi) is 7.27. The number of ether oxygens (including phenoxy) is 1. The Bertz CT molecular complexity index is 419. The van der Waals surface area contributed by atoms with Crippen LogP contribution in [-0.4, -0.2) is 36.5 Å². The van der Waals surface area contributed by atoms with Crippen molar-refractivity contribution in [2.45, 2.75) is 38.9 Å². The first-order chi connectivity index (χ1) is 9.28. The third-order valence-corrected chi connectivity index (χ3v) is 3.26. The highest BCUT2D eigenvalue weighted by atomic mass is 35.5. The number of hydrogen-bond acceptors (Lipinski definition) is 3. The Hall–Kier alpha value is -0.320. The van der Waals surface area contributed by atoms with Crippen molar-refractivity contribution in [3.8, 4) is 0 Å². The quantitative estimate of drug-likeness (QED) is 0.758. The maximum atomic E-state index is 9.77. The number of nitrogens with one attached hydrogen (secondary N) is 1. The molecule has 20 heavy (non-hydrogen) atoms. The second kappa shape index (κ2) is 8.20. The summed E-state index contributed by atoms with van der Waals surface area (Å²) in [6.45, 7) is 7.48. The molecule has 0 aliphatic heterocycles. The van der Waals surface area contributed by atoms with E-state index in [4.69, 9.17) is 27.9 Å². The molecule has 0 saturated heterocycles. The van der Waals surface area contributed by atoms with Gasteiger partial charge in [-0.15, -0.1) is 0 Å². The topological polar surface area (TPSA) is 41.5 Å². The molecule has 0 aliphatic rings. The van der Waals surface area contributed by atoms with Gasteiger partial charge in [0.05, 0.1) is 18.3 Å².